The summed E-state index contributed by atoms with van der Waals surface area (Å²) >= 11 is 0. The van der Waals surface area contributed by atoms with Crippen molar-refractivity contribution in [2.75, 3.05) is 13.2 Å². The highest BCUT2D eigenvalue weighted by Gasteiger charge is 2.60. The molecular weight excluding hydrogens is 564 g/mol. The van der Waals surface area contributed by atoms with Gasteiger partial charge >= 0.3 is 11.9 Å². The van der Waals surface area contributed by atoms with E-state index in [0.717, 1.165) is 25.7 Å². The molecule has 0 aromatic heterocycles. The van der Waals surface area contributed by atoms with E-state index in [2.05, 4.69) is 39.8 Å². The SMILES string of the molecule is CCC(=O)OCC1=C[C@H]2C(=O)O[C@H]3C[C@@H](CC=C(C)C[C@@H](C)C=CC=C4CO[C@H]([C@@H]1O)[C@@]42O)O[C@@]1(CC[C@H](C)[C@@H](CC)O1)C3. The Labute approximate surface area is 261 Å². The van der Waals surface area contributed by atoms with Crippen molar-refractivity contribution < 1.29 is 43.5 Å². The Hall–Kier alpha value is -2.30. The van der Waals surface area contributed by atoms with E-state index in [1.165, 1.54) is 11.6 Å². The Bertz CT molecular complexity index is 1200. The van der Waals surface area contributed by atoms with E-state index in [9.17, 15) is 19.8 Å². The average Bonchev–Trinajstić information content (AvgIpc) is 3.33. The van der Waals surface area contributed by atoms with Crippen LogP contribution in [0.4, 0.5) is 0 Å². The molecule has 0 saturated carbocycles. The maximum absolute atomic E-state index is 14.1. The highest BCUT2D eigenvalue weighted by atomic mass is 16.7. The summed E-state index contributed by atoms with van der Waals surface area (Å²) in [6, 6.07) is 0. The molecule has 0 radical (unpaired) electrons. The molecule has 0 unspecified atom stereocenters. The standard InChI is InChI=1S/C35H50O9/c1-6-29-23(5)13-14-34(44-29)18-27-17-26(43-34)12-11-22(4)15-21(3)9-8-10-25-20-41-32-31(37)24(19-40-30(36)7-2)16-28(33(38)42-27)35(25,32)39/h8-11,16,21,23,26-29,31-32,37,39H,6-7,12-15,17-20H2,1-5H3/t21-,23-,26+,27-,28-,29+,31+,32+,34+,35+/m0/s1. The van der Waals surface area contributed by atoms with Gasteiger partial charge in [0.1, 0.15) is 36.4 Å². The lowest BCUT2D eigenvalue weighted by atomic mass is 9.70. The number of carbonyl (C=O) groups excluding carboxylic acids is 2. The van der Waals surface area contributed by atoms with Crippen LogP contribution in [0, 0.1) is 17.8 Å². The fourth-order valence-corrected chi connectivity index (χ4v) is 7.53. The molecule has 1 spiro atoms. The van der Waals surface area contributed by atoms with E-state index in [0.29, 0.717) is 36.3 Å². The van der Waals surface area contributed by atoms with E-state index in [4.69, 9.17) is 23.7 Å². The van der Waals surface area contributed by atoms with Crippen molar-refractivity contribution in [1.29, 1.82) is 0 Å². The predicted molar refractivity (Wildman–Crippen MR) is 163 cm³/mol. The minimum Gasteiger partial charge on any atom is -0.462 e. The molecule has 9 nitrogen and oxygen atoms in total. The molecule has 4 heterocycles. The summed E-state index contributed by atoms with van der Waals surface area (Å²) < 4.78 is 30.9. The lowest BCUT2D eigenvalue weighted by Crippen LogP contribution is -2.58. The zero-order chi connectivity index (χ0) is 31.6. The van der Waals surface area contributed by atoms with Crippen molar-refractivity contribution in [3.63, 3.8) is 0 Å². The minimum absolute atomic E-state index is 0.0441. The van der Waals surface area contributed by atoms with Crippen molar-refractivity contribution in [3.05, 3.63) is 47.1 Å². The molecule has 5 rings (SSSR count). The third-order valence-electron chi connectivity index (χ3n) is 10.1. The van der Waals surface area contributed by atoms with Crippen LogP contribution < -0.4 is 0 Å². The third-order valence-corrected chi connectivity index (χ3v) is 10.1. The van der Waals surface area contributed by atoms with Gasteiger partial charge in [0.25, 0.3) is 0 Å². The number of aliphatic hydroxyl groups excluding tert-OH is 1. The van der Waals surface area contributed by atoms with E-state index in [-0.39, 0.29) is 37.8 Å². The maximum atomic E-state index is 14.1. The number of carbonyl (C=O) groups is 2. The van der Waals surface area contributed by atoms with Gasteiger partial charge in [-0.05, 0) is 55.6 Å². The van der Waals surface area contributed by atoms with Gasteiger partial charge in [-0.2, -0.15) is 0 Å². The molecule has 0 aromatic rings. The van der Waals surface area contributed by atoms with Crippen molar-refractivity contribution >= 4 is 11.9 Å². The van der Waals surface area contributed by atoms with E-state index < -0.39 is 47.6 Å². The van der Waals surface area contributed by atoms with Crippen molar-refractivity contribution in [2.24, 2.45) is 17.8 Å². The quantitative estimate of drug-likeness (QED) is 0.338. The van der Waals surface area contributed by atoms with Gasteiger partial charge in [-0.3, -0.25) is 9.59 Å². The molecule has 0 amide bonds. The van der Waals surface area contributed by atoms with Gasteiger partial charge in [0.05, 0.1) is 18.8 Å². The van der Waals surface area contributed by atoms with Crippen LogP contribution >= 0.6 is 0 Å². The number of rotatable bonds is 4. The van der Waals surface area contributed by atoms with Gasteiger partial charge in [0, 0.05) is 25.7 Å². The number of ether oxygens (including phenoxy) is 5. The Morgan fingerprint density at radius 1 is 1.18 bits per heavy atom. The molecule has 4 aliphatic heterocycles. The van der Waals surface area contributed by atoms with Crippen LogP contribution in [0.3, 0.4) is 0 Å². The zero-order valence-electron chi connectivity index (χ0n) is 26.8. The Kier molecular flexibility index (Phi) is 10.2. The normalized spacial score (nSPS) is 41.2. The summed E-state index contributed by atoms with van der Waals surface area (Å²) in [5.41, 5.74) is 0.217. The second-order valence-corrected chi connectivity index (χ2v) is 13.5. The largest absolute Gasteiger partial charge is 0.462 e. The Morgan fingerprint density at radius 3 is 2.73 bits per heavy atom. The van der Waals surface area contributed by atoms with Crippen LogP contribution in [-0.4, -0.2) is 77.3 Å². The molecule has 2 bridgehead atoms. The van der Waals surface area contributed by atoms with Crippen LogP contribution in [0.5, 0.6) is 0 Å². The first-order valence-corrected chi connectivity index (χ1v) is 16.5. The average molecular weight is 615 g/mol. The van der Waals surface area contributed by atoms with Gasteiger partial charge < -0.3 is 33.9 Å². The van der Waals surface area contributed by atoms with Crippen molar-refractivity contribution in [1.82, 2.24) is 0 Å². The van der Waals surface area contributed by atoms with Gasteiger partial charge in [-0.25, -0.2) is 0 Å². The second-order valence-electron chi connectivity index (χ2n) is 13.5. The van der Waals surface area contributed by atoms with Crippen LogP contribution in [0.15, 0.2) is 47.1 Å². The Morgan fingerprint density at radius 2 is 1.98 bits per heavy atom. The first kappa shape index (κ1) is 33.1. The van der Waals surface area contributed by atoms with Gasteiger partial charge in [0.15, 0.2) is 5.79 Å². The van der Waals surface area contributed by atoms with E-state index in [1.807, 2.05) is 6.08 Å². The van der Waals surface area contributed by atoms with Gasteiger partial charge in [-0.1, -0.05) is 63.6 Å². The van der Waals surface area contributed by atoms with Crippen molar-refractivity contribution in [3.8, 4) is 0 Å². The molecule has 244 valence electrons. The number of fused-ring (bicyclic) bond motifs is 2. The highest BCUT2D eigenvalue weighted by Crippen LogP contribution is 2.47. The molecule has 1 aliphatic carbocycles. The van der Waals surface area contributed by atoms with Crippen LogP contribution in [0.2, 0.25) is 0 Å². The summed E-state index contributed by atoms with van der Waals surface area (Å²) in [6.45, 7) is 10.1. The highest BCUT2D eigenvalue weighted by molar-refractivity contribution is 5.79. The van der Waals surface area contributed by atoms with Crippen LogP contribution in [0.25, 0.3) is 0 Å². The fraction of sp³-hybridized carbons (Fsp3) is 0.714. The van der Waals surface area contributed by atoms with E-state index in [1.54, 1.807) is 13.0 Å². The second kappa shape index (κ2) is 13.6. The smallest absolute Gasteiger partial charge is 0.316 e. The fourth-order valence-electron chi connectivity index (χ4n) is 7.53. The predicted octanol–water partition coefficient (Wildman–Crippen LogP) is 4.86. The summed E-state index contributed by atoms with van der Waals surface area (Å²) in [7, 11) is 0. The number of aliphatic hydroxyl groups is 2. The zero-order valence-corrected chi connectivity index (χ0v) is 26.8. The van der Waals surface area contributed by atoms with Crippen molar-refractivity contribution in [2.45, 2.75) is 128 Å². The first-order valence-electron chi connectivity index (χ1n) is 16.5. The number of hydrogen-bond donors (Lipinski definition) is 2. The van der Waals surface area contributed by atoms with Crippen LogP contribution in [-0.2, 0) is 33.3 Å². The molecule has 44 heavy (non-hydrogen) atoms. The van der Waals surface area contributed by atoms with Crippen LogP contribution in [0.1, 0.15) is 86.0 Å². The maximum Gasteiger partial charge on any atom is 0.316 e. The molecule has 9 heteroatoms. The summed E-state index contributed by atoms with van der Waals surface area (Å²) in [5.74, 6) is -2.41. The molecule has 10 atom stereocenters. The van der Waals surface area contributed by atoms with E-state index >= 15 is 0 Å². The number of esters is 2. The summed E-state index contributed by atoms with van der Waals surface area (Å²) in [6.07, 6.45) is 11.6. The summed E-state index contributed by atoms with van der Waals surface area (Å²) in [4.78, 5) is 26.1. The summed E-state index contributed by atoms with van der Waals surface area (Å²) in [5, 5.41) is 23.5. The number of allylic oxidation sites excluding steroid dienone is 4. The molecule has 2 N–H and O–H groups in total. The lowest BCUT2D eigenvalue weighted by molar-refractivity contribution is -0.335. The molecule has 3 saturated heterocycles. The monoisotopic (exact) mass is 614 g/mol. The topological polar surface area (TPSA) is 121 Å². The molecular formula is C35H50O9. The number of hydrogen-bond acceptors (Lipinski definition) is 9. The van der Waals surface area contributed by atoms with Gasteiger partial charge in [0.2, 0.25) is 0 Å². The Balaban J connectivity index is 1.52. The third kappa shape index (κ3) is 6.77. The lowest BCUT2D eigenvalue weighted by Gasteiger charge is -2.50. The molecule has 5 aliphatic rings. The first-order chi connectivity index (χ1) is 21.0. The minimum atomic E-state index is -1.83. The molecule has 0 aromatic carbocycles. The van der Waals surface area contributed by atoms with Gasteiger partial charge in [-0.15, -0.1) is 0 Å². The molecule has 3 fully saturated rings.